The summed E-state index contributed by atoms with van der Waals surface area (Å²) in [5.74, 6) is 2.18. The molecule has 0 atom stereocenters. The molecule has 0 bridgehead atoms. The highest BCUT2D eigenvalue weighted by atomic mass is 16.3. The minimum absolute atomic E-state index is 0.321. The van der Waals surface area contributed by atoms with Gasteiger partial charge in [0.1, 0.15) is 30.4 Å². The summed E-state index contributed by atoms with van der Waals surface area (Å²) in [5, 5.41) is 10.9. The molecule has 1 aromatic rings. The van der Waals surface area contributed by atoms with Crippen LogP contribution in [0.4, 0.5) is 0 Å². The van der Waals surface area contributed by atoms with Gasteiger partial charge in [0.15, 0.2) is 0 Å². The number of hydrogen-bond acceptors (Lipinski definition) is 2. The Bertz CT molecular complexity index is 946. The van der Waals surface area contributed by atoms with E-state index in [4.69, 9.17) is 4.42 Å². The molecule has 0 spiro atoms. The van der Waals surface area contributed by atoms with E-state index in [2.05, 4.69) is 42.7 Å². The van der Waals surface area contributed by atoms with Crippen molar-refractivity contribution in [1.29, 1.82) is 0 Å². The average molecular weight is 320 g/mol. The van der Waals surface area contributed by atoms with Gasteiger partial charge in [0.2, 0.25) is 5.36 Å². The number of aromatic hydroxyl groups is 1. The normalized spacial score (nSPS) is 12.8. The Labute approximate surface area is 141 Å². The highest BCUT2D eigenvalue weighted by Gasteiger charge is 2.21. The van der Waals surface area contributed by atoms with Crippen LogP contribution < -0.4 is 9.93 Å². The minimum atomic E-state index is 0.321. The monoisotopic (exact) mass is 320 g/mol. The van der Waals surface area contributed by atoms with Crippen LogP contribution >= 0.6 is 0 Å². The van der Waals surface area contributed by atoms with Gasteiger partial charge in [-0.3, -0.25) is 0 Å². The lowest BCUT2D eigenvalue weighted by molar-refractivity contribution is 0.474. The molecule has 3 nitrogen and oxygen atoms in total. The third-order valence-corrected chi connectivity index (χ3v) is 4.96. The van der Waals surface area contributed by atoms with E-state index in [0.29, 0.717) is 5.75 Å². The molecule has 0 amide bonds. The SMILES string of the molecule is CC[N+](CC)=c1ccc2cc3c(oc-2c1)-c1ccc(O)cc1CC3. The van der Waals surface area contributed by atoms with Crippen LogP contribution in [0.15, 0.2) is 46.9 Å². The van der Waals surface area contributed by atoms with E-state index in [1.807, 2.05) is 12.1 Å². The molecule has 3 heteroatoms. The van der Waals surface area contributed by atoms with Crippen LogP contribution in [0, 0.1) is 0 Å². The molecule has 0 fully saturated rings. The predicted octanol–water partition coefficient (Wildman–Crippen LogP) is 3.67. The Morgan fingerprint density at radius 1 is 0.958 bits per heavy atom. The van der Waals surface area contributed by atoms with E-state index in [9.17, 15) is 5.11 Å². The molecule has 0 aromatic heterocycles. The second kappa shape index (κ2) is 5.82. The summed E-state index contributed by atoms with van der Waals surface area (Å²) >= 11 is 0. The van der Waals surface area contributed by atoms with Crippen LogP contribution in [0.5, 0.6) is 5.75 Å². The van der Waals surface area contributed by atoms with Crippen LogP contribution in [0.1, 0.15) is 25.0 Å². The lowest BCUT2D eigenvalue weighted by atomic mass is 9.88. The first kappa shape index (κ1) is 15.0. The molecule has 3 aliphatic rings. The molecule has 0 saturated carbocycles. The lowest BCUT2D eigenvalue weighted by Gasteiger charge is -2.20. The van der Waals surface area contributed by atoms with Gasteiger partial charge in [-0.2, -0.15) is 0 Å². The molecular weight excluding hydrogens is 298 g/mol. The Morgan fingerprint density at radius 2 is 1.75 bits per heavy atom. The Balaban J connectivity index is 1.96. The van der Waals surface area contributed by atoms with E-state index in [1.54, 1.807) is 6.07 Å². The van der Waals surface area contributed by atoms with Gasteiger partial charge in [0, 0.05) is 17.2 Å². The van der Waals surface area contributed by atoms with Gasteiger partial charge < -0.3 is 9.52 Å². The maximum atomic E-state index is 9.72. The number of nitrogens with zero attached hydrogens (tertiary/aromatic N) is 1. The Kier molecular flexibility index (Phi) is 3.64. The van der Waals surface area contributed by atoms with Gasteiger partial charge >= 0.3 is 0 Å². The molecule has 1 aromatic carbocycles. The van der Waals surface area contributed by atoms with Crippen molar-refractivity contribution in [2.75, 3.05) is 13.1 Å². The average Bonchev–Trinajstić information content (AvgIpc) is 2.60. The zero-order valence-electron chi connectivity index (χ0n) is 14.2. The highest BCUT2D eigenvalue weighted by molar-refractivity contribution is 5.73. The van der Waals surface area contributed by atoms with E-state index >= 15 is 0 Å². The Hall–Kier alpha value is -2.55. The van der Waals surface area contributed by atoms with Crippen LogP contribution in [-0.4, -0.2) is 18.2 Å². The van der Waals surface area contributed by atoms with Gasteiger partial charge in [-0.15, -0.1) is 0 Å². The molecule has 1 heterocycles. The maximum Gasteiger partial charge on any atom is 0.203 e. The van der Waals surface area contributed by atoms with Crippen molar-refractivity contribution in [3.8, 4) is 28.4 Å². The van der Waals surface area contributed by atoms with Crippen LogP contribution in [0.25, 0.3) is 22.6 Å². The summed E-state index contributed by atoms with van der Waals surface area (Å²) in [4.78, 5) is 0. The summed E-state index contributed by atoms with van der Waals surface area (Å²) < 4.78 is 8.64. The van der Waals surface area contributed by atoms with Crippen molar-refractivity contribution in [3.63, 3.8) is 0 Å². The summed E-state index contributed by atoms with van der Waals surface area (Å²) in [6.07, 6.45) is 1.89. The first-order chi connectivity index (χ1) is 11.7. The van der Waals surface area contributed by atoms with Crippen molar-refractivity contribution in [2.45, 2.75) is 26.7 Å². The van der Waals surface area contributed by atoms with E-state index in [-0.39, 0.29) is 0 Å². The largest absolute Gasteiger partial charge is 0.508 e. The molecule has 4 rings (SSSR count). The van der Waals surface area contributed by atoms with E-state index in [0.717, 1.165) is 54.1 Å². The number of phenols is 1. The van der Waals surface area contributed by atoms with Crippen molar-refractivity contribution >= 4 is 0 Å². The van der Waals surface area contributed by atoms with Crippen molar-refractivity contribution in [1.82, 2.24) is 4.58 Å². The van der Waals surface area contributed by atoms with Gasteiger partial charge in [0.25, 0.3) is 0 Å². The number of phenolic OH excluding ortho intramolecular Hbond substituents is 1. The predicted molar refractivity (Wildman–Crippen MR) is 96.2 cm³/mol. The topological polar surface area (TPSA) is 36.4 Å². The van der Waals surface area contributed by atoms with Gasteiger partial charge in [0.05, 0.1) is 6.07 Å². The van der Waals surface area contributed by atoms with Crippen molar-refractivity contribution in [2.24, 2.45) is 0 Å². The number of rotatable bonds is 2. The summed E-state index contributed by atoms with van der Waals surface area (Å²) in [5.41, 5.74) is 4.65. The molecule has 0 unspecified atom stereocenters. The fraction of sp³-hybridized carbons (Fsp3) is 0.286. The number of aryl methyl sites for hydroxylation is 2. The summed E-state index contributed by atoms with van der Waals surface area (Å²) in [6.45, 7) is 6.30. The minimum Gasteiger partial charge on any atom is -0.508 e. The molecule has 1 N–H and O–H groups in total. The van der Waals surface area contributed by atoms with Crippen LogP contribution in [0.2, 0.25) is 0 Å². The molecule has 0 saturated heterocycles. The number of benzene rings is 2. The highest BCUT2D eigenvalue weighted by Crippen LogP contribution is 2.38. The molecule has 2 aliphatic carbocycles. The number of fused-ring (bicyclic) bond motifs is 4. The zero-order valence-corrected chi connectivity index (χ0v) is 14.2. The lowest BCUT2D eigenvalue weighted by Crippen LogP contribution is -2.29. The van der Waals surface area contributed by atoms with E-state index in [1.165, 1.54) is 10.9 Å². The first-order valence-corrected chi connectivity index (χ1v) is 8.66. The quantitative estimate of drug-likeness (QED) is 0.732. The molecule has 122 valence electrons. The summed E-state index contributed by atoms with van der Waals surface area (Å²) in [7, 11) is 0. The van der Waals surface area contributed by atoms with Crippen LogP contribution in [0.3, 0.4) is 0 Å². The Morgan fingerprint density at radius 3 is 2.54 bits per heavy atom. The first-order valence-electron chi connectivity index (χ1n) is 8.66. The van der Waals surface area contributed by atoms with Crippen molar-refractivity contribution < 1.29 is 9.52 Å². The fourth-order valence-corrected chi connectivity index (χ4v) is 3.64. The summed E-state index contributed by atoms with van der Waals surface area (Å²) in [6, 6.07) is 14.3. The van der Waals surface area contributed by atoms with Gasteiger partial charge in [-0.05, 0) is 68.1 Å². The second-order valence-corrected chi connectivity index (χ2v) is 6.34. The standard InChI is InChI=1S/C21H21NO2/c1-3-22(4-2)17-8-7-15-11-16-6-5-14-12-18(23)9-10-19(14)21(16)24-20(15)13-17/h7-13H,3-6H2,1-2H3/p+1. The fourth-order valence-electron chi connectivity index (χ4n) is 3.64. The molecule has 0 radical (unpaired) electrons. The smallest absolute Gasteiger partial charge is 0.203 e. The van der Waals surface area contributed by atoms with Gasteiger partial charge in [-0.25, -0.2) is 4.58 Å². The van der Waals surface area contributed by atoms with E-state index < -0.39 is 0 Å². The maximum absolute atomic E-state index is 9.72. The molecule has 1 aliphatic heterocycles. The number of hydrogen-bond donors (Lipinski definition) is 1. The van der Waals surface area contributed by atoms with Gasteiger partial charge in [-0.1, -0.05) is 0 Å². The third-order valence-electron chi connectivity index (χ3n) is 4.96. The van der Waals surface area contributed by atoms with Crippen LogP contribution in [-0.2, 0) is 12.8 Å². The zero-order chi connectivity index (χ0) is 16.7. The molecular formula is C21H22NO2+. The third kappa shape index (κ3) is 2.41. The molecule has 24 heavy (non-hydrogen) atoms. The second-order valence-electron chi connectivity index (χ2n) is 6.34. The van der Waals surface area contributed by atoms with Crippen molar-refractivity contribution in [3.05, 3.63) is 58.9 Å².